The predicted octanol–water partition coefficient (Wildman–Crippen LogP) is 0.775. The van der Waals surface area contributed by atoms with Gasteiger partial charge in [0.2, 0.25) is 5.91 Å². The average Bonchev–Trinajstić information content (AvgIpc) is 2.98. The third-order valence-corrected chi connectivity index (χ3v) is 3.39. The van der Waals surface area contributed by atoms with Crippen molar-refractivity contribution >= 4 is 17.5 Å². The van der Waals surface area contributed by atoms with Gasteiger partial charge in [-0.3, -0.25) is 9.59 Å². The van der Waals surface area contributed by atoms with Crippen molar-refractivity contribution in [1.29, 1.82) is 0 Å². The van der Waals surface area contributed by atoms with Crippen LogP contribution in [0.3, 0.4) is 0 Å². The highest BCUT2D eigenvalue weighted by atomic mass is 16.5. The molecule has 0 radical (unpaired) electrons. The van der Waals surface area contributed by atoms with Gasteiger partial charge in [0, 0.05) is 24.8 Å². The van der Waals surface area contributed by atoms with E-state index < -0.39 is 6.04 Å². The molecule has 6 nitrogen and oxygen atoms in total. The zero-order valence-electron chi connectivity index (χ0n) is 12.2. The highest BCUT2D eigenvalue weighted by Gasteiger charge is 2.24. The molecule has 0 spiro atoms. The van der Waals surface area contributed by atoms with Crippen LogP contribution in [0.4, 0.5) is 5.69 Å². The molecule has 6 heteroatoms. The molecule has 0 aliphatic carbocycles. The summed E-state index contributed by atoms with van der Waals surface area (Å²) in [7, 11) is 0. The molecule has 1 aromatic rings. The molecule has 2 amide bonds. The molecule has 1 aliphatic rings. The largest absolute Gasteiger partial charge is 0.484 e. The van der Waals surface area contributed by atoms with Crippen molar-refractivity contribution in [3.05, 3.63) is 24.3 Å². The monoisotopic (exact) mass is 291 g/mol. The van der Waals surface area contributed by atoms with E-state index in [-0.39, 0.29) is 18.4 Å². The summed E-state index contributed by atoms with van der Waals surface area (Å²) in [5.41, 5.74) is 6.20. The molecule has 1 unspecified atom stereocenters. The van der Waals surface area contributed by atoms with Crippen molar-refractivity contribution in [3.8, 4) is 5.75 Å². The summed E-state index contributed by atoms with van der Waals surface area (Å²) in [5, 5.41) is 2.66. The number of rotatable bonds is 5. The number of ether oxygens (including phenoxy) is 1. The Hall–Kier alpha value is -2.24. The molecule has 21 heavy (non-hydrogen) atoms. The minimum absolute atomic E-state index is 0.0372. The van der Waals surface area contributed by atoms with E-state index in [1.54, 1.807) is 36.1 Å². The number of anilines is 1. The summed E-state index contributed by atoms with van der Waals surface area (Å²) < 4.78 is 5.34. The maximum absolute atomic E-state index is 12.1. The van der Waals surface area contributed by atoms with Crippen LogP contribution in [-0.2, 0) is 9.59 Å². The van der Waals surface area contributed by atoms with Crippen molar-refractivity contribution in [2.24, 2.45) is 0 Å². The minimum atomic E-state index is -0.528. The molecule has 114 valence electrons. The first kappa shape index (κ1) is 15.2. The topological polar surface area (TPSA) is 84.7 Å². The fourth-order valence-electron chi connectivity index (χ4n) is 2.31. The van der Waals surface area contributed by atoms with Gasteiger partial charge in [0.15, 0.2) is 6.61 Å². The molecule has 1 fully saturated rings. The second-order valence-corrected chi connectivity index (χ2v) is 5.18. The van der Waals surface area contributed by atoms with E-state index in [1.807, 2.05) is 0 Å². The summed E-state index contributed by atoms with van der Waals surface area (Å²) in [4.78, 5) is 25.6. The fraction of sp³-hybridized carbons (Fsp3) is 0.467. The molecule has 0 saturated carbocycles. The number of nitrogens with two attached hydrogens (primary N) is 1. The van der Waals surface area contributed by atoms with Crippen LogP contribution in [0.5, 0.6) is 5.75 Å². The summed E-state index contributed by atoms with van der Waals surface area (Å²) in [5.74, 6) is 0.172. The molecule has 1 atom stereocenters. The molecular weight excluding hydrogens is 270 g/mol. The van der Waals surface area contributed by atoms with Gasteiger partial charge in [0.25, 0.3) is 5.91 Å². The third-order valence-electron chi connectivity index (χ3n) is 3.39. The number of nitrogen functional groups attached to an aromatic ring is 1. The maximum Gasteiger partial charge on any atom is 0.258 e. The summed E-state index contributed by atoms with van der Waals surface area (Å²) >= 11 is 0. The lowest BCUT2D eigenvalue weighted by atomic mass is 10.3. The lowest BCUT2D eigenvalue weighted by molar-refractivity contribution is -0.135. The van der Waals surface area contributed by atoms with Crippen molar-refractivity contribution in [1.82, 2.24) is 10.2 Å². The zero-order valence-corrected chi connectivity index (χ0v) is 12.2. The fourth-order valence-corrected chi connectivity index (χ4v) is 2.31. The molecule has 0 bridgehead atoms. The number of hydrogen-bond donors (Lipinski definition) is 2. The van der Waals surface area contributed by atoms with Crippen LogP contribution in [0.2, 0.25) is 0 Å². The Balaban J connectivity index is 1.77. The highest BCUT2D eigenvalue weighted by Crippen LogP contribution is 2.14. The Labute approximate surface area is 124 Å². The van der Waals surface area contributed by atoms with Gasteiger partial charge in [-0.25, -0.2) is 0 Å². The quantitative estimate of drug-likeness (QED) is 0.785. The number of hydrogen-bond acceptors (Lipinski definition) is 4. The van der Waals surface area contributed by atoms with Crippen LogP contribution < -0.4 is 15.8 Å². The van der Waals surface area contributed by atoms with Gasteiger partial charge in [-0.15, -0.1) is 0 Å². The Kier molecular flexibility index (Phi) is 5.03. The summed E-state index contributed by atoms with van der Waals surface area (Å²) in [6.45, 7) is 3.11. The molecule has 2 rings (SSSR count). The second kappa shape index (κ2) is 6.97. The number of carbonyl (C=O) groups is 2. The van der Waals surface area contributed by atoms with Crippen LogP contribution >= 0.6 is 0 Å². The number of benzene rings is 1. The molecule has 1 heterocycles. The van der Waals surface area contributed by atoms with E-state index in [4.69, 9.17) is 10.5 Å². The van der Waals surface area contributed by atoms with E-state index in [0.29, 0.717) is 11.4 Å². The highest BCUT2D eigenvalue weighted by molar-refractivity contribution is 5.88. The first-order valence-corrected chi connectivity index (χ1v) is 7.13. The van der Waals surface area contributed by atoms with Crippen LogP contribution in [0.15, 0.2) is 24.3 Å². The van der Waals surface area contributed by atoms with Crippen molar-refractivity contribution in [2.45, 2.75) is 25.8 Å². The van der Waals surface area contributed by atoms with Gasteiger partial charge in [-0.1, -0.05) is 6.07 Å². The lowest BCUT2D eigenvalue weighted by Crippen LogP contribution is -2.47. The standard InChI is InChI=1S/C15H21N3O3/c1-11(15(20)18-7-2-3-8-18)17-14(19)10-21-13-6-4-5-12(16)9-13/h4-6,9,11H,2-3,7-8,10,16H2,1H3,(H,17,19). The van der Waals surface area contributed by atoms with Crippen LogP contribution in [0.1, 0.15) is 19.8 Å². The normalized spacial score (nSPS) is 15.6. The number of nitrogens with zero attached hydrogens (tertiary/aromatic N) is 1. The van der Waals surface area contributed by atoms with E-state index in [2.05, 4.69) is 5.32 Å². The van der Waals surface area contributed by atoms with Gasteiger partial charge in [0.05, 0.1) is 0 Å². The number of nitrogens with one attached hydrogen (secondary N) is 1. The van der Waals surface area contributed by atoms with Gasteiger partial charge in [-0.2, -0.15) is 0 Å². The molecule has 1 aliphatic heterocycles. The first-order chi connectivity index (χ1) is 10.1. The molecule has 1 aromatic carbocycles. The SMILES string of the molecule is CC(NC(=O)COc1cccc(N)c1)C(=O)N1CCCC1. The Morgan fingerprint density at radius 2 is 2.10 bits per heavy atom. The maximum atomic E-state index is 12.1. The first-order valence-electron chi connectivity index (χ1n) is 7.13. The van der Waals surface area contributed by atoms with Gasteiger partial charge >= 0.3 is 0 Å². The molecule has 1 saturated heterocycles. The van der Waals surface area contributed by atoms with E-state index in [0.717, 1.165) is 25.9 Å². The van der Waals surface area contributed by atoms with E-state index >= 15 is 0 Å². The summed E-state index contributed by atoms with van der Waals surface area (Å²) in [6, 6.07) is 6.33. The number of likely N-dealkylation sites (tertiary alicyclic amines) is 1. The van der Waals surface area contributed by atoms with Crippen molar-refractivity contribution in [3.63, 3.8) is 0 Å². The van der Waals surface area contributed by atoms with Crippen molar-refractivity contribution < 1.29 is 14.3 Å². The average molecular weight is 291 g/mol. The Morgan fingerprint density at radius 3 is 2.76 bits per heavy atom. The van der Waals surface area contributed by atoms with Crippen LogP contribution in [0.25, 0.3) is 0 Å². The number of carbonyl (C=O) groups excluding carboxylic acids is 2. The van der Waals surface area contributed by atoms with Gasteiger partial charge < -0.3 is 20.7 Å². The predicted molar refractivity (Wildman–Crippen MR) is 79.8 cm³/mol. The lowest BCUT2D eigenvalue weighted by Gasteiger charge is -2.21. The zero-order chi connectivity index (χ0) is 15.2. The van der Waals surface area contributed by atoms with Gasteiger partial charge in [-0.05, 0) is 31.9 Å². The second-order valence-electron chi connectivity index (χ2n) is 5.18. The van der Waals surface area contributed by atoms with E-state index in [9.17, 15) is 9.59 Å². The molecule has 3 N–H and O–H groups in total. The van der Waals surface area contributed by atoms with Crippen LogP contribution in [-0.4, -0.2) is 42.5 Å². The Morgan fingerprint density at radius 1 is 1.38 bits per heavy atom. The molecular formula is C15H21N3O3. The van der Waals surface area contributed by atoms with E-state index in [1.165, 1.54) is 0 Å². The molecule has 0 aromatic heterocycles. The Bertz CT molecular complexity index is 513. The van der Waals surface area contributed by atoms with Crippen LogP contribution in [0, 0.1) is 0 Å². The summed E-state index contributed by atoms with van der Waals surface area (Å²) in [6.07, 6.45) is 2.07. The van der Waals surface area contributed by atoms with Crippen molar-refractivity contribution in [2.75, 3.05) is 25.4 Å². The smallest absolute Gasteiger partial charge is 0.258 e. The van der Waals surface area contributed by atoms with Gasteiger partial charge in [0.1, 0.15) is 11.8 Å². The third kappa shape index (κ3) is 4.37. The number of amides is 2. The minimum Gasteiger partial charge on any atom is -0.484 e.